The van der Waals surface area contributed by atoms with Crippen LogP contribution in [0.2, 0.25) is 0 Å². The Morgan fingerprint density at radius 1 is 1.61 bits per heavy atom. The molecule has 2 heterocycles. The average Bonchev–Trinajstić information content (AvgIpc) is 2.85. The molecular weight excluding hydrogens is 246 g/mol. The van der Waals surface area contributed by atoms with Crippen molar-refractivity contribution in [3.05, 3.63) is 16.1 Å². The molecule has 0 amide bonds. The van der Waals surface area contributed by atoms with Gasteiger partial charge in [0.2, 0.25) is 0 Å². The Balaban J connectivity index is 1.92. The number of thiazole rings is 1. The fourth-order valence-electron chi connectivity index (χ4n) is 2.00. The largest absolute Gasteiger partial charge is 0.368 e. The Morgan fingerprint density at radius 2 is 2.44 bits per heavy atom. The molecule has 1 aliphatic heterocycles. The van der Waals surface area contributed by atoms with Crippen LogP contribution in [0.4, 0.5) is 0 Å². The van der Waals surface area contributed by atoms with Gasteiger partial charge in [-0.15, -0.1) is 11.3 Å². The molecule has 0 spiro atoms. The van der Waals surface area contributed by atoms with Gasteiger partial charge in [0.1, 0.15) is 11.1 Å². The predicted molar refractivity (Wildman–Crippen MR) is 74.9 cm³/mol. The summed E-state index contributed by atoms with van der Waals surface area (Å²) in [5.41, 5.74) is 0. The molecule has 1 N–H and O–H groups in total. The fourth-order valence-corrected chi connectivity index (χ4v) is 2.91. The standard InChI is InChI=1S/C13H23N3OS/c1-4-16-5-6-17-12(9-16)13-15-8-11(18-13)7-14-10(2)3/h8,10,12,14H,4-7,9H2,1-3H3. The molecule has 1 saturated heterocycles. The normalized spacial score (nSPS) is 21.7. The van der Waals surface area contributed by atoms with Crippen LogP contribution in [0.5, 0.6) is 0 Å². The first kappa shape index (κ1) is 13.9. The zero-order valence-electron chi connectivity index (χ0n) is 11.5. The third kappa shape index (κ3) is 3.75. The van der Waals surface area contributed by atoms with E-state index in [0.717, 1.165) is 37.8 Å². The molecule has 0 radical (unpaired) electrons. The molecule has 5 heteroatoms. The average molecular weight is 269 g/mol. The van der Waals surface area contributed by atoms with Crippen molar-refractivity contribution in [2.75, 3.05) is 26.2 Å². The van der Waals surface area contributed by atoms with E-state index in [0.29, 0.717) is 6.04 Å². The number of hydrogen-bond donors (Lipinski definition) is 1. The van der Waals surface area contributed by atoms with E-state index in [4.69, 9.17) is 4.74 Å². The summed E-state index contributed by atoms with van der Waals surface area (Å²) < 4.78 is 5.82. The summed E-state index contributed by atoms with van der Waals surface area (Å²) in [6, 6.07) is 0.511. The molecule has 4 nitrogen and oxygen atoms in total. The Labute approximate surface area is 113 Å². The van der Waals surface area contributed by atoms with E-state index < -0.39 is 0 Å². The minimum atomic E-state index is 0.163. The maximum atomic E-state index is 5.82. The lowest BCUT2D eigenvalue weighted by molar-refractivity contribution is -0.0282. The van der Waals surface area contributed by atoms with Crippen molar-refractivity contribution in [1.29, 1.82) is 0 Å². The predicted octanol–water partition coefficient (Wildman–Crippen LogP) is 2.03. The lowest BCUT2D eigenvalue weighted by atomic mass is 10.3. The molecule has 102 valence electrons. The van der Waals surface area contributed by atoms with Crippen molar-refractivity contribution in [1.82, 2.24) is 15.2 Å². The molecule has 18 heavy (non-hydrogen) atoms. The van der Waals surface area contributed by atoms with Gasteiger partial charge in [0.25, 0.3) is 0 Å². The molecule has 1 unspecified atom stereocenters. The highest BCUT2D eigenvalue weighted by Gasteiger charge is 2.23. The molecule has 0 aliphatic carbocycles. The topological polar surface area (TPSA) is 37.4 Å². The van der Waals surface area contributed by atoms with Crippen LogP contribution >= 0.6 is 11.3 Å². The van der Waals surface area contributed by atoms with Crippen LogP contribution in [0, 0.1) is 0 Å². The summed E-state index contributed by atoms with van der Waals surface area (Å²) in [4.78, 5) is 8.22. The van der Waals surface area contributed by atoms with Gasteiger partial charge in [0.05, 0.1) is 6.61 Å². The van der Waals surface area contributed by atoms with Crippen LogP contribution in [-0.4, -0.2) is 42.2 Å². The molecule has 1 aromatic rings. The number of likely N-dealkylation sites (N-methyl/N-ethyl adjacent to an activating group) is 1. The van der Waals surface area contributed by atoms with Crippen molar-refractivity contribution >= 4 is 11.3 Å². The second-order valence-electron chi connectivity index (χ2n) is 4.95. The van der Waals surface area contributed by atoms with E-state index in [9.17, 15) is 0 Å². The van der Waals surface area contributed by atoms with Crippen LogP contribution in [0.1, 0.15) is 36.8 Å². The van der Waals surface area contributed by atoms with Gasteiger partial charge in [-0.1, -0.05) is 20.8 Å². The maximum Gasteiger partial charge on any atom is 0.123 e. The number of rotatable bonds is 5. The fraction of sp³-hybridized carbons (Fsp3) is 0.769. The molecule has 1 atom stereocenters. The van der Waals surface area contributed by atoms with Gasteiger partial charge in [0, 0.05) is 36.8 Å². The SMILES string of the molecule is CCN1CCOC(c2ncc(CNC(C)C)s2)C1. The van der Waals surface area contributed by atoms with Crippen molar-refractivity contribution in [3.63, 3.8) is 0 Å². The monoisotopic (exact) mass is 269 g/mol. The molecule has 1 aliphatic rings. The summed E-state index contributed by atoms with van der Waals surface area (Å²) in [5.74, 6) is 0. The van der Waals surface area contributed by atoms with Crippen molar-refractivity contribution < 1.29 is 4.74 Å². The Morgan fingerprint density at radius 3 is 3.17 bits per heavy atom. The number of aromatic nitrogens is 1. The summed E-state index contributed by atoms with van der Waals surface area (Å²) in [6.45, 7) is 11.3. The van der Waals surface area contributed by atoms with Gasteiger partial charge in [-0.05, 0) is 6.54 Å². The smallest absolute Gasteiger partial charge is 0.123 e. The third-order valence-electron chi connectivity index (χ3n) is 3.13. The van der Waals surface area contributed by atoms with Crippen LogP contribution in [0.15, 0.2) is 6.20 Å². The summed E-state index contributed by atoms with van der Waals surface area (Å²) in [5, 5.41) is 4.54. The Hall–Kier alpha value is -0.490. The maximum absolute atomic E-state index is 5.82. The van der Waals surface area contributed by atoms with Gasteiger partial charge in [0.15, 0.2) is 0 Å². The van der Waals surface area contributed by atoms with E-state index in [1.165, 1.54) is 4.88 Å². The molecule has 0 saturated carbocycles. The van der Waals surface area contributed by atoms with E-state index in [-0.39, 0.29) is 6.10 Å². The molecule has 0 aromatic carbocycles. The highest BCUT2D eigenvalue weighted by atomic mass is 32.1. The minimum absolute atomic E-state index is 0.163. The van der Waals surface area contributed by atoms with E-state index in [2.05, 4.69) is 36.0 Å². The lowest BCUT2D eigenvalue weighted by Crippen LogP contribution is -2.37. The molecule has 1 fully saturated rings. The number of ether oxygens (including phenoxy) is 1. The van der Waals surface area contributed by atoms with E-state index in [1.807, 2.05) is 6.20 Å². The van der Waals surface area contributed by atoms with Crippen molar-refractivity contribution in [3.8, 4) is 0 Å². The number of nitrogens with one attached hydrogen (secondary N) is 1. The number of hydrogen-bond acceptors (Lipinski definition) is 5. The molecule has 0 bridgehead atoms. The van der Waals surface area contributed by atoms with E-state index >= 15 is 0 Å². The zero-order valence-corrected chi connectivity index (χ0v) is 12.3. The zero-order chi connectivity index (χ0) is 13.0. The summed E-state index contributed by atoms with van der Waals surface area (Å²) >= 11 is 1.77. The Bertz CT molecular complexity index is 367. The number of morpholine rings is 1. The van der Waals surface area contributed by atoms with Gasteiger partial charge >= 0.3 is 0 Å². The summed E-state index contributed by atoms with van der Waals surface area (Å²) in [6.07, 6.45) is 2.14. The molecule has 1 aromatic heterocycles. The highest BCUT2D eigenvalue weighted by Crippen LogP contribution is 2.26. The second-order valence-corrected chi connectivity index (χ2v) is 6.10. The molecular formula is C13H23N3OS. The first-order chi connectivity index (χ1) is 8.69. The first-order valence-electron chi connectivity index (χ1n) is 6.71. The minimum Gasteiger partial charge on any atom is -0.368 e. The van der Waals surface area contributed by atoms with Gasteiger partial charge < -0.3 is 10.1 Å². The highest BCUT2D eigenvalue weighted by molar-refractivity contribution is 7.11. The van der Waals surface area contributed by atoms with Crippen LogP contribution < -0.4 is 5.32 Å². The second kappa shape index (κ2) is 6.61. The van der Waals surface area contributed by atoms with Crippen molar-refractivity contribution in [2.24, 2.45) is 0 Å². The van der Waals surface area contributed by atoms with Gasteiger partial charge in [-0.25, -0.2) is 4.98 Å². The van der Waals surface area contributed by atoms with Gasteiger partial charge in [-0.3, -0.25) is 4.90 Å². The third-order valence-corrected chi connectivity index (χ3v) is 4.22. The van der Waals surface area contributed by atoms with Gasteiger partial charge in [-0.2, -0.15) is 0 Å². The summed E-state index contributed by atoms with van der Waals surface area (Å²) in [7, 11) is 0. The first-order valence-corrected chi connectivity index (χ1v) is 7.52. The Kier molecular flexibility index (Phi) is 5.12. The number of nitrogens with zero attached hydrogens (tertiary/aromatic N) is 2. The van der Waals surface area contributed by atoms with Crippen LogP contribution in [-0.2, 0) is 11.3 Å². The van der Waals surface area contributed by atoms with Crippen LogP contribution in [0.3, 0.4) is 0 Å². The van der Waals surface area contributed by atoms with Crippen molar-refractivity contribution in [2.45, 2.75) is 39.5 Å². The van der Waals surface area contributed by atoms with E-state index in [1.54, 1.807) is 11.3 Å². The van der Waals surface area contributed by atoms with Crippen LogP contribution in [0.25, 0.3) is 0 Å². The molecule has 2 rings (SSSR count). The lowest BCUT2D eigenvalue weighted by Gasteiger charge is -2.30. The quantitative estimate of drug-likeness (QED) is 0.887.